The van der Waals surface area contributed by atoms with Crippen LogP contribution in [0.15, 0.2) is 42.6 Å². The fourth-order valence-corrected chi connectivity index (χ4v) is 3.91. The van der Waals surface area contributed by atoms with Crippen LogP contribution in [-0.4, -0.2) is 34.0 Å². The molecule has 0 unspecified atom stereocenters. The zero-order chi connectivity index (χ0) is 21.5. The molecule has 0 saturated heterocycles. The standard InChI is InChI=1S/C25H30N4O2/c1-2-3-4-5-6-9-16-31-23-11-8-7-10-18(23)24-26-14-13-21(29-24)22-17-19-20(28-22)12-15-27-25(19)30/h7-8,10-11,13-14,17,28H,2-6,9,12,15-16H2,1H3,(H,27,30). The van der Waals surface area contributed by atoms with Crippen molar-refractivity contribution in [2.45, 2.75) is 51.9 Å². The van der Waals surface area contributed by atoms with Gasteiger partial charge in [-0.2, -0.15) is 0 Å². The molecule has 31 heavy (non-hydrogen) atoms. The predicted molar refractivity (Wildman–Crippen MR) is 122 cm³/mol. The third kappa shape index (κ3) is 5.13. The minimum atomic E-state index is -0.0357. The number of fused-ring (bicyclic) bond motifs is 1. The lowest BCUT2D eigenvalue weighted by atomic mass is 10.1. The van der Waals surface area contributed by atoms with Crippen LogP contribution in [0.1, 0.15) is 61.5 Å². The summed E-state index contributed by atoms with van der Waals surface area (Å²) in [6.45, 7) is 3.59. The van der Waals surface area contributed by atoms with Crippen molar-refractivity contribution < 1.29 is 9.53 Å². The molecule has 0 saturated carbocycles. The van der Waals surface area contributed by atoms with E-state index in [0.29, 0.717) is 24.5 Å². The van der Waals surface area contributed by atoms with E-state index in [4.69, 9.17) is 9.72 Å². The van der Waals surface area contributed by atoms with Gasteiger partial charge in [-0.25, -0.2) is 9.97 Å². The summed E-state index contributed by atoms with van der Waals surface area (Å²) in [5, 5.41) is 2.88. The van der Waals surface area contributed by atoms with Gasteiger partial charge in [0.2, 0.25) is 0 Å². The lowest BCUT2D eigenvalue weighted by Gasteiger charge is -2.11. The molecule has 2 N–H and O–H groups in total. The Balaban J connectivity index is 1.48. The summed E-state index contributed by atoms with van der Waals surface area (Å²) in [5.41, 5.74) is 4.13. The Bertz CT molecular complexity index is 1030. The van der Waals surface area contributed by atoms with Gasteiger partial charge in [0.15, 0.2) is 5.82 Å². The van der Waals surface area contributed by atoms with E-state index >= 15 is 0 Å². The van der Waals surface area contributed by atoms with Crippen molar-refractivity contribution in [3.63, 3.8) is 0 Å². The molecule has 0 aliphatic carbocycles. The van der Waals surface area contributed by atoms with Gasteiger partial charge in [-0.05, 0) is 30.7 Å². The van der Waals surface area contributed by atoms with Crippen LogP contribution in [0.5, 0.6) is 5.75 Å². The van der Waals surface area contributed by atoms with Crippen molar-refractivity contribution >= 4 is 5.91 Å². The molecule has 0 radical (unpaired) electrons. The van der Waals surface area contributed by atoms with E-state index in [1.807, 2.05) is 36.4 Å². The number of ether oxygens (including phenoxy) is 1. The zero-order valence-corrected chi connectivity index (χ0v) is 18.1. The van der Waals surface area contributed by atoms with Crippen molar-refractivity contribution in [1.82, 2.24) is 20.3 Å². The average molecular weight is 419 g/mol. The van der Waals surface area contributed by atoms with E-state index in [9.17, 15) is 4.79 Å². The van der Waals surface area contributed by atoms with Gasteiger partial charge in [0, 0.05) is 24.9 Å². The second-order valence-electron chi connectivity index (χ2n) is 7.96. The summed E-state index contributed by atoms with van der Waals surface area (Å²) in [4.78, 5) is 24.7. The number of aromatic amines is 1. The smallest absolute Gasteiger partial charge is 0.253 e. The fourth-order valence-electron chi connectivity index (χ4n) is 3.91. The van der Waals surface area contributed by atoms with E-state index in [1.54, 1.807) is 6.20 Å². The number of nitrogens with one attached hydrogen (secondary N) is 2. The van der Waals surface area contributed by atoms with Crippen molar-refractivity contribution in [3.8, 4) is 28.5 Å². The van der Waals surface area contributed by atoms with Crippen LogP contribution in [0.3, 0.4) is 0 Å². The first-order chi connectivity index (χ1) is 15.3. The topological polar surface area (TPSA) is 79.9 Å². The number of rotatable bonds is 10. The fraction of sp³-hybridized carbons (Fsp3) is 0.400. The Morgan fingerprint density at radius 3 is 2.74 bits per heavy atom. The Labute approximate surface area is 183 Å². The molecule has 6 heteroatoms. The molecule has 1 aromatic carbocycles. The molecule has 0 spiro atoms. The lowest BCUT2D eigenvalue weighted by Crippen LogP contribution is -2.31. The van der Waals surface area contributed by atoms with Crippen LogP contribution < -0.4 is 10.1 Å². The Hall–Kier alpha value is -3.15. The van der Waals surface area contributed by atoms with E-state index in [2.05, 4.69) is 22.2 Å². The molecular weight excluding hydrogens is 388 g/mol. The molecule has 0 bridgehead atoms. The van der Waals surface area contributed by atoms with E-state index in [0.717, 1.165) is 41.2 Å². The highest BCUT2D eigenvalue weighted by atomic mass is 16.5. The highest BCUT2D eigenvalue weighted by Gasteiger charge is 2.20. The number of hydrogen-bond acceptors (Lipinski definition) is 4. The van der Waals surface area contributed by atoms with Gasteiger partial charge in [0.25, 0.3) is 5.91 Å². The highest BCUT2D eigenvalue weighted by Crippen LogP contribution is 2.29. The number of hydrogen-bond donors (Lipinski definition) is 2. The monoisotopic (exact) mass is 418 g/mol. The maximum Gasteiger partial charge on any atom is 0.253 e. The van der Waals surface area contributed by atoms with Gasteiger partial charge in [-0.15, -0.1) is 0 Å². The van der Waals surface area contributed by atoms with E-state index in [1.165, 1.54) is 32.1 Å². The second-order valence-corrected chi connectivity index (χ2v) is 7.96. The summed E-state index contributed by atoms with van der Waals surface area (Å²) in [5.74, 6) is 1.39. The van der Waals surface area contributed by atoms with Gasteiger partial charge < -0.3 is 15.0 Å². The van der Waals surface area contributed by atoms with Gasteiger partial charge in [0.1, 0.15) is 5.75 Å². The van der Waals surface area contributed by atoms with Crippen LogP contribution in [0.2, 0.25) is 0 Å². The second kappa shape index (κ2) is 10.2. The van der Waals surface area contributed by atoms with Crippen molar-refractivity contribution in [2.75, 3.05) is 13.2 Å². The first-order valence-electron chi connectivity index (χ1n) is 11.3. The van der Waals surface area contributed by atoms with Gasteiger partial charge in [-0.3, -0.25) is 4.79 Å². The molecule has 0 fully saturated rings. The Morgan fingerprint density at radius 2 is 1.87 bits per heavy atom. The Morgan fingerprint density at radius 1 is 1.03 bits per heavy atom. The van der Waals surface area contributed by atoms with Crippen molar-refractivity contribution in [3.05, 3.63) is 53.9 Å². The molecule has 3 heterocycles. The maximum absolute atomic E-state index is 12.1. The number of aromatic nitrogens is 3. The van der Waals surface area contributed by atoms with Crippen molar-refractivity contribution in [1.29, 1.82) is 0 Å². The third-order valence-corrected chi connectivity index (χ3v) is 5.62. The van der Waals surface area contributed by atoms with Crippen molar-refractivity contribution in [2.24, 2.45) is 0 Å². The van der Waals surface area contributed by atoms with Gasteiger partial charge in [0.05, 0.1) is 29.1 Å². The zero-order valence-electron chi connectivity index (χ0n) is 18.1. The summed E-state index contributed by atoms with van der Waals surface area (Å²) in [6.07, 6.45) is 9.94. The molecule has 162 valence electrons. The molecule has 6 nitrogen and oxygen atoms in total. The van der Waals surface area contributed by atoms with Crippen LogP contribution in [0.25, 0.3) is 22.8 Å². The minimum Gasteiger partial charge on any atom is -0.493 e. The lowest BCUT2D eigenvalue weighted by molar-refractivity contribution is 0.0946. The number of para-hydroxylation sites is 1. The van der Waals surface area contributed by atoms with Crippen LogP contribution in [0, 0.1) is 0 Å². The summed E-state index contributed by atoms with van der Waals surface area (Å²) >= 11 is 0. The first-order valence-corrected chi connectivity index (χ1v) is 11.3. The molecule has 0 atom stereocenters. The molecule has 3 aromatic rings. The molecule has 4 rings (SSSR count). The molecule has 1 aliphatic rings. The number of benzene rings is 1. The Kier molecular flexibility index (Phi) is 6.97. The predicted octanol–water partition coefficient (Wildman–Crippen LogP) is 5.16. The normalized spacial score (nSPS) is 13.0. The van der Waals surface area contributed by atoms with Crippen LogP contribution >= 0.6 is 0 Å². The molecule has 1 amide bonds. The number of unbranched alkanes of at least 4 members (excludes halogenated alkanes) is 5. The molecular formula is C25H30N4O2. The molecule has 1 aliphatic heterocycles. The number of carbonyl (C=O) groups excluding carboxylic acids is 1. The molecule has 2 aromatic heterocycles. The highest BCUT2D eigenvalue weighted by molar-refractivity contribution is 5.97. The number of nitrogens with zero attached hydrogens (tertiary/aromatic N) is 2. The first kappa shape index (κ1) is 21.1. The third-order valence-electron chi connectivity index (χ3n) is 5.62. The summed E-state index contributed by atoms with van der Waals surface area (Å²) in [6, 6.07) is 11.6. The maximum atomic E-state index is 12.1. The van der Waals surface area contributed by atoms with Crippen LogP contribution in [0.4, 0.5) is 0 Å². The van der Waals surface area contributed by atoms with E-state index < -0.39 is 0 Å². The largest absolute Gasteiger partial charge is 0.493 e. The van der Waals surface area contributed by atoms with Crippen LogP contribution in [-0.2, 0) is 6.42 Å². The SMILES string of the molecule is CCCCCCCCOc1ccccc1-c1nccc(-c2cc3c([nH]2)CCNC3=O)n1. The number of H-pyrrole nitrogens is 1. The number of amides is 1. The van der Waals surface area contributed by atoms with Gasteiger partial charge in [-0.1, -0.05) is 51.2 Å². The summed E-state index contributed by atoms with van der Waals surface area (Å²) < 4.78 is 6.08. The summed E-state index contributed by atoms with van der Waals surface area (Å²) in [7, 11) is 0. The van der Waals surface area contributed by atoms with Gasteiger partial charge >= 0.3 is 0 Å². The average Bonchev–Trinajstić information content (AvgIpc) is 3.25. The number of carbonyl (C=O) groups is 1. The minimum absolute atomic E-state index is 0.0357. The quantitative estimate of drug-likeness (QED) is 0.446. The van der Waals surface area contributed by atoms with E-state index in [-0.39, 0.29) is 5.91 Å².